The number of nitrogens with zero attached hydrogens (tertiary/aromatic N) is 2. The lowest BCUT2D eigenvalue weighted by molar-refractivity contribution is -0.113. The molecule has 0 unspecified atom stereocenters. The maximum absolute atomic E-state index is 12.9. The molecule has 0 spiro atoms. The molecule has 1 N–H and O–H groups in total. The molecule has 1 heterocycles. The van der Waals surface area contributed by atoms with Crippen LogP contribution >= 0.6 is 11.8 Å². The fourth-order valence-corrected chi connectivity index (χ4v) is 2.18. The average molecular weight is 283 g/mol. The van der Waals surface area contributed by atoms with Gasteiger partial charge < -0.3 is 9.88 Å². The van der Waals surface area contributed by atoms with E-state index in [1.165, 1.54) is 11.8 Å². The summed E-state index contributed by atoms with van der Waals surface area (Å²) in [6.07, 6.45) is 3.39. The molecule has 1 aromatic carbocycles. The number of hydrogen-bond acceptors (Lipinski definition) is 3. The molecule has 0 radical (unpaired) electrons. The zero-order valence-corrected chi connectivity index (χ0v) is 10.9. The third-order valence-corrected chi connectivity index (χ3v) is 3.31. The van der Waals surface area contributed by atoms with Crippen LogP contribution in [0.4, 0.5) is 14.5 Å². The molecule has 0 aliphatic rings. The Labute approximate surface area is 112 Å². The average Bonchev–Trinajstić information content (AvgIpc) is 2.71. The van der Waals surface area contributed by atoms with Crippen LogP contribution in [0.2, 0.25) is 0 Å². The highest BCUT2D eigenvalue weighted by atomic mass is 32.2. The molecule has 0 bridgehead atoms. The Hall–Kier alpha value is -1.89. The second-order valence-electron chi connectivity index (χ2n) is 3.82. The molecule has 0 saturated carbocycles. The molecule has 0 aliphatic carbocycles. The molecule has 100 valence electrons. The van der Waals surface area contributed by atoms with Crippen molar-refractivity contribution in [3.8, 4) is 0 Å². The quantitative estimate of drug-likeness (QED) is 0.877. The molecule has 4 nitrogen and oxygen atoms in total. The van der Waals surface area contributed by atoms with Crippen molar-refractivity contribution < 1.29 is 13.6 Å². The number of aromatic nitrogens is 2. The summed E-state index contributed by atoms with van der Waals surface area (Å²) in [6, 6.07) is 2.87. The van der Waals surface area contributed by atoms with Gasteiger partial charge in [0.05, 0.1) is 5.75 Å². The van der Waals surface area contributed by atoms with Gasteiger partial charge in [-0.25, -0.2) is 13.8 Å². The van der Waals surface area contributed by atoms with Crippen molar-refractivity contribution in [2.75, 3.05) is 11.1 Å². The molecule has 0 fully saturated rings. The summed E-state index contributed by atoms with van der Waals surface area (Å²) in [5.41, 5.74) is 0.0999. The van der Waals surface area contributed by atoms with E-state index in [-0.39, 0.29) is 17.3 Å². The van der Waals surface area contributed by atoms with Crippen LogP contribution in [0, 0.1) is 11.6 Å². The van der Waals surface area contributed by atoms with E-state index in [0.717, 1.165) is 18.2 Å². The minimum Gasteiger partial charge on any atom is -0.329 e. The summed E-state index contributed by atoms with van der Waals surface area (Å²) in [5.74, 6) is -1.69. The standard InChI is InChI=1S/C12H11F2N3OS/c1-17-3-2-15-12(17)19-7-11(18)16-10-5-8(13)4-9(14)6-10/h2-6H,7H2,1H3,(H,16,18). The van der Waals surface area contributed by atoms with Gasteiger partial charge in [0, 0.05) is 31.2 Å². The lowest BCUT2D eigenvalue weighted by atomic mass is 10.3. The molecular weight excluding hydrogens is 272 g/mol. The SMILES string of the molecule is Cn1ccnc1SCC(=O)Nc1cc(F)cc(F)c1. The maximum Gasteiger partial charge on any atom is 0.234 e. The molecule has 0 saturated heterocycles. The fourth-order valence-electron chi connectivity index (χ4n) is 1.44. The van der Waals surface area contributed by atoms with Crippen LogP contribution in [0.25, 0.3) is 0 Å². The summed E-state index contributed by atoms with van der Waals surface area (Å²) < 4.78 is 27.6. The van der Waals surface area contributed by atoms with Gasteiger partial charge in [-0.2, -0.15) is 0 Å². The number of anilines is 1. The monoisotopic (exact) mass is 283 g/mol. The van der Waals surface area contributed by atoms with Gasteiger partial charge in [0.1, 0.15) is 11.6 Å². The number of aryl methyl sites for hydroxylation is 1. The second-order valence-corrected chi connectivity index (χ2v) is 4.76. The zero-order chi connectivity index (χ0) is 13.8. The number of benzene rings is 1. The molecule has 7 heteroatoms. The molecule has 2 aromatic rings. The van der Waals surface area contributed by atoms with Gasteiger partial charge in [-0.15, -0.1) is 0 Å². The molecule has 2 rings (SSSR count). The van der Waals surface area contributed by atoms with E-state index in [2.05, 4.69) is 10.3 Å². The number of carbonyl (C=O) groups is 1. The second kappa shape index (κ2) is 5.83. The number of halogens is 2. The van der Waals surface area contributed by atoms with E-state index in [1.54, 1.807) is 17.0 Å². The van der Waals surface area contributed by atoms with Gasteiger partial charge in [-0.05, 0) is 12.1 Å². The highest BCUT2D eigenvalue weighted by Crippen LogP contribution is 2.16. The Kier molecular flexibility index (Phi) is 4.16. The molecular formula is C12H11F2N3OS. The third-order valence-electron chi connectivity index (χ3n) is 2.26. The Morgan fingerprint density at radius 1 is 1.37 bits per heavy atom. The molecule has 1 aromatic heterocycles. The first kappa shape index (κ1) is 13.5. The van der Waals surface area contributed by atoms with Gasteiger partial charge >= 0.3 is 0 Å². The molecule has 19 heavy (non-hydrogen) atoms. The van der Waals surface area contributed by atoms with Crippen molar-refractivity contribution in [3.05, 3.63) is 42.2 Å². The van der Waals surface area contributed by atoms with Crippen molar-refractivity contribution >= 4 is 23.4 Å². The lowest BCUT2D eigenvalue weighted by Gasteiger charge is -2.05. The Morgan fingerprint density at radius 2 is 2.05 bits per heavy atom. The van der Waals surface area contributed by atoms with E-state index in [4.69, 9.17) is 0 Å². The predicted molar refractivity (Wildman–Crippen MR) is 68.9 cm³/mol. The van der Waals surface area contributed by atoms with Gasteiger partial charge in [0.25, 0.3) is 0 Å². The van der Waals surface area contributed by atoms with Crippen LogP contribution in [0.15, 0.2) is 35.7 Å². The number of imidazole rings is 1. The van der Waals surface area contributed by atoms with Crippen LogP contribution in [0.5, 0.6) is 0 Å². The Bertz CT molecular complexity index is 580. The minimum atomic E-state index is -0.730. The first-order valence-electron chi connectivity index (χ1n) is 5.40. The summed E-state index contributed by atoms with van der Waals surface area (Å²) in [6.45, 7) is 0. The topological polar surface area (TPSA) is 46.9 Å². The smallest absolute Gasteiger partial charge is 0.234 e. The van der Waals surface area contributed by atoms with Crippen LogP contribution in [-0.4, -0.2) is 21.2 Å². The van der Waals surface area contributed by atoms with E-state index in [1.807, 2.05) is 7.05 Å². The predicted octanol–water partition coefficient (Wildman–Crippen LogP) is 2.43. The van der Waals surface area contributed by atoms with E-state index in [0.29, 0.717) is 5.16 Å². The van der Waals surface area contributed by atoms with Gasteiger partial charge in [0.15, 0.2) is 5.16 Å². The number of carbonyl (C=O) groups excluding carboxylic acids is 1. The van der Waals surface area contributed by atoms with Crippen LogP contribution < -0.4 is 5.32 Å². The van der Waals surface area contributed by atoms with Crippen LogP contribution in [-0.2, 0) is 11.8 Å². The Morgan fingerprint density at radius 3 is 2.63 bits per heavy atom. The largest absolute Gasteiger partial charge is 0.329 e. The highest BCUT2D eigenvalue weighted by Gasteiger charge is 2.08. The fraction of sp³-hybridized carbons (Fsp3) is 0.167. The first-order valence-corrected chi connectivity index (χ1v) is 6.39. The van der Waals surface area contributed by atoms with Gasteiger partial charge in [-0.1, -0.05) is 11.8 Å². The highest BCUT2D eigenvalue weighted by molar-refractivity contribution is 7.99. The zero-order valence-electron chi connectivity index (χ0n) is 10.1. The molecule has 0 aliphatic heterocycles. The number of hydrogen-bond donors (Lipinski definition) is 1. The van der Waals surface area contributed by atoms with Crippen LogP contribution in [0.3, 0.4) is 0 Å². The van der Waals surface area contributed by atoms with Crippen molar-refractivity contribution in [3.63, 3.8) is 0 Å². The van der Waals surface area contributed by atoms with E-state index in [9.17, 15) is 13.6 Å². The number of rotatable bonds is 4. The van der Waals surface area contributed by atoms with Crippen molar-refractivity contribution in [2.24, 2.45) is 7.05 Å². The van der Waals surface area contributed by atoms with Crippen LogP contribution in [0.1, 0.15) is 0 Å². The molecule has 0 atom stereocenters. The van der Waals surface area contributed by atoms with Crippen molar-refractivity contribution in [1.29, 1.82) is 0 Å². The summed E-state index contributed by atoms with van der Waals surface area (Å²) in [4.78, 5) is 15.7. The molecule has 1 amide bonds. The van der Waals surface area contributed by atoms with E-state index < -0.39 is 11.6 Å². The summed E-state index contributed by atoms with van der Waals surface area (Å²) in [5, 5.41) is 3.12. The number of amides is 1. The summed E-state index contributed by atoms with van der Waals surface area (Å²) in [7, 11) is 1.81. The van der Waals surface area contributed by atoms with Gasteiger partial charge in [0.2, 0.25) is 5.91 Å². The minimum absolute atomic E-state index is 0.0999. The normalized spacial score (nSPS) is 10.5. The van der Waals surface area contributed by atoms with Gasteiger partial charge in [-0.3, -0.25) is 4.79 Å². The maximum atomic E-state index is 12.9. The summed E-state index contributed by atoms with van der Waals surface area (Å²) >= 11 is 1.24. The number of nitrogens with one attached hydrogen (secondary N) is 1. The Balaban J connectivity index is 1.92. The van der Waals surface area contributed by atoms with Crippen molar-refractivity contribution in [1.82, 2.24) is 9.55 Å². The first-order chi connectivity index (χ1) is 9.04. The lowest BCUT2D eigenvalue weighted by Crippen LogP contribution is -2.14. The van der Waals surface area contributed by atoms with Crippen molar-refractivity contribution in [2.45, 2.75) is 5.16 Å². The van der Waals surface area contributed by atoms with E-state index >= 15 is 0 Å². The number of thioether (sulfide) groups is 1. The third kappa shape index (κ3) is 3.78.